The van der Waals surface area contributed by atoms with Crippen LogP contribution >= 0.6 is 11.3 Å². The van der Waals surface area contributed by atoms with Gasteiger partial charge in [-0.05, 0) is 58.5 Å². The number of aromatic nitrogens is 1. The Bertz CT molecular complexity index is 795. The number of benzene rings is 1. The molecule has 2 amide bonds. The van der Waals surface area contributed by atoms with Gasteiger partial charge >= 0.3 is 0 Å². The molecule has 0 saturated heterocycles. The highest BCUT2D eigenvalue weighted by molar-refractivity contribution is 7.15. The zero-order valence-electron chi connectivity index (χ0n) is 18.1. The number of aryl methyl sites for hydroxylation is 3. The number of carbonyl (C=O) groups is 2. The largest absolute Gasteiger partial charge is 0.328 e. The van der Waals surface area contributed by atoms with Crippen LogP contribution in [0.15, 0.2) is 24.3 Å². The lowest BCUT2D eigenvalue weighted by molar-refractivity contribution is -0.116. The molecule has 0 spiro atoms. The van der Waals surface area contributed by atoms with E-state index in [-0.39, 0.29) is 18.4 Å². The van der Waals surface area contributed by atoms with Crippen molar-refractivity contribution in [2.75, 3.05) is 39.0 Å². The van der Waals surface area contributed by atoms with Crippen molar-refractivity contribution in [2.24, 2.45) is 0 Å². The molecule has 0 aliphatic rings. The van der Waals surface area contributed by atoms with E-state index in [0.29, 0.717) is 23.8 Å². The molecule has 0 atom stereocenters. The fraction of sp³-hybridized carbons (Fsp3) is 0.500. The van der Waals surface area contributed by atoms with Crippen LogP contribution in [0.1, 0.15) is 46.3 Å². The smallest absolute Gasteiger partial charge is 0.254 e. The molecular weight excluding hydrogens is 384 g/mol. The number of nitrogens with zero attached hydrogens (tertiary/aromatic N) is 3. The molecule has 0 bridgehead atoms. The number of rotatable bonds is 10. The molecule has 1 aromatic heterocycles. The van der Waals surface area contributed by atoms with Crippen LogP contribution in [-0.2, 0) is 11.2 Å². The molecular formula is C22H32N4O2S. The van der Waals surface area contributed by atoms with E-state index >= 15 is 0 Å². The number of thiazole rings is 1. The first kappa shape index (κ1) is 23.0. The van der Waals surface area contributed by atoms with Gasteiger partial charge < -0.3 is 15.1 Å². The predicted molar refractivity (Wildman–Crippen MR) is 120 cm³/mol. The van der Waals surface area contributed by atoms with Crippen molar-refractivity contribution in [2.45, 2.75) is 40.0 Å². The predicted octanol–water partition coefficient (Wildman–Crippen LogP) is 3.75. The highest BCUT2D eigenvalue weighted by Crippen LogP contribution is 2.21. The Balaban J connectivity index is 2.07. The monoisotopic (exact) mass is 416 g/mol. The molecule has 1 N–H and O–H groups in total. The SMILES string of the molecule is CCCCc1ccc(C(=O)N(CCN(C)C)CC(=O)Nc2nc(C)c(C)s2)cc1. The van der Waals surface area contributed by atoms with Crippen molar-refractivity contribution in [1.29, 1.82) is 0 Å². The zero-order valence-corrected chi connectivity index (χ0v) is 18.9. The van der Waals surface area contributed by atoms with Crippen LogP contribution in [0.3, 0.4) is 0 Å². The normalized spacial score (nSPS) is 11.0. The minimum Gasteiger partial charge on any atom is -0.328 e. The van der Waals surface area contributed by atoms with E-state index < -0.39 is 0 Å². The van der Waals surface area contributed by atoms with Gasteiger partial charge in [0.1, 0.15) is 6.54 Å². The first-order valence-corrected chi connectivity index (χ1v) is 10.9. The number of unbranched alkanes of at least 4 members (excludes halogenated alkanes) is 1. The third kappa shape index (κ3) is 7.25. The van der Waals surface area contributed by atoms with E-state index in [0.717, 1.165) is 29.8 Å². The molecule has 2 rings (SSSR count). The molecule has 0 fully saturated rings. The van der Waals surface area contributed by atoms with Gasteiger partial charge in [-0.15, -0.1) is 11.3 Å². The summed E-state index contributed by atoms with van der Waals surface area (Å²) in [6.07, 6.45) is 3.30. The zero-order chi connectivity index (χ0) is 21.4. The lowest BCUT2D eigenvalue weighted by Crippen LogP contribution is -2.41. The third-order valence-corrected chi connectivity index (χ3v) is 5.72. The lowest BCUT2D eigenvalue weighted by atomic mass is 10.1. The van der Waals surface area contributed by atoms with Gasteiger partial charge in [0.25, 0.3) is 5.91 Å². The first-order chi connectivity index (χ1) is 13.8. The quantitative estimate of drug-likeness (QED) is 0.641. The Hall–Kier alpha value is -2.25. The van der Waals surface area contributed by atoms with E-state index in [1.165, 1.54) is 16.9 Å². The van der Waals surface area contributed by atoms with Crippen LogP contribution in [0.25, 0.3) is 0 Å². The molecule has 0 radical (unpaired) electrons. The number of carbonyl (C=O) groups excluding carboxylic acids is 2. The summed E-state index contributed by atoms with van der Waals surface area (Å²) in [6, 6.07) is 7.74. The maximum Gasteiger partial charge on any atom is 0.254 e. The topological polar surface area (TPSA) is 65.5 Å². The van der Waals surface area contributed by atoms with Crippen molar-refractivity contribution in [3.63, 3.8) is 0 Å². The summed E-state index contributed by atoms with van der Waals surface area (Å²) in [7, 11) is 3.90. The minimum absolute atomic E-state index is 0.00192. The highest BCUT2D eigenvalue weighted by atomic mass is 32.1. The average molecular weight is 417 g/mol. The Morgan fingerprint density at radius 1 is 1.10 bits per heavy atom. The van der Waals surface area contributed by atoms with Gasteiger partial charge in [0.05, 0.1) is 5.69 Å². The van der Waals surface area contributed by atoms with Gasteiger partial charge in [-0.1, -0.05) is 25.5 Å². The van der Waals surface area contributed by atoms with Crippen molar-refractivity contribution in [3.8, 4) is 0 Å². The molecule has 7 heteroatoms. The maximum absolute atomic E-state index is 13.0. The van der Waals surface area contributed by atoms with Gasteiger partial charge in [0.2, 0.25) is 5.91 Å². The Morgan fingerprint density at radius 3 is 2.34 bits per heavy atom. The van der Waals surface area contributed by atoms with Crippen molar-refractivity contribution in [1.82, 2.24) is 14.8 Å². The van der Waals surface area contributed by atoms with Crippen LogP contribution in [0, 0.1) is 13.8 Å². The fourth-order valence-electron chi connectivity index (χ4n) is 2.81. The fourth-order valence-corrected chi connectivity index (χ4v) is 3.64. The van der Waals surface area contributed by atoms with E-state index in [4.69, 9.17) is 0 Å². The second kappa shape index (κ2) is 11.1. The van der Waals surface area contributed by atoms with Crippen LogP contribution in [-0.4, -0.2) is 60.3 Å². The van der Waals surface area contributed by atoms with Crippen molar-refractivity contribution >= 4 is 28.3 Å². The number of hydrogen-bond donors (Lipinski definition) is 1. The number of amides is 2. The Morgan fingerprint density at radius 2 is 1.79 bits per heavy atom. The van der Waals surface area contributed by atoms with Gasteiger partial charge in [-0.3, -0.25) is 9.59 Å². The standard InChI is InChI=1S/C22H32N4O2S/c1-6-7-8-18-9-11-19(12-10-18)21(28)26(14-13-25(4)5)15-20(27)24-22-23-16(2)17(3)29-22/h9-12H,6-8,13-15H2,1-5H3,(H,23,24,27). The molecule has 1 heterocycles. The molecule has 0 unspecified atom stereocenters. The molecule has 0 saturated carbocycles. The van der Waals surface area contributed by atoms with E-state index in [2.05, 4.69) is 17.2 Å². The first-order valence-electron chi connectivity index (χ1n) is 10.1. The number of hydrogen-bond acceptors (Lipinski definition) is 5. The summed E-state index contributed by atoms with van der Waals surface area (Å²) >= 11 is 1.45. The van der Waals surface area contributed by atoms with Crippen LogP contribution < -0.4 is 5.32 Å². The summed E-state index contributed by atoms with van der Waals surface area (Å²) < 4.78 is 0. The average Bonchev–Trinajstić information content (AvgIpc) is 3.00. The van der Waals surface area contributed by atoms with Crippen LogP contribution in [0.5, 0.6) is 0 Å². The molecule has 0 aliphatic heterocycles. The van der Waals surface area contributed by atoms with Crippen LogP contribution in [0.2, 0.25) is 0 Å². The third-order valence-electron chi connectivity index (χ3n) is 4.73. The Labute approximate surface area is 177 Å². The molecule has 1 aromatic carbocycles. The number of anilines is 1. The van der Waals surface area contributed by atoms with Gasteiger partial charge in [0, 0.05) is 23.5 Å². The van der Waals surface area contributed by atoms with E-state index in [1.807, 2.05) is 57.1 Å². The molecule has 6 nitrogen and oxygen atoms in total. The molecule has 0 aliphatic carbocycles. The second-order valence-corrected chi connectivity index (χ2v) is 8.74. The van der Waals surface area contributed by atoms with Gasteiger partial charge in [-0.2, -0.15) is 0 Å². The van der Waals surface area contributed by atoms with Crippen molar-refractivity contribution in [3.05, 3.63) is 46.0 Å². The summed E-state index contributed by atoms with van der Waals surface area (Å²) in [4.78, 5) is 34.6. The summed E-state index contributed by atoms with van der Waals surface area (Å²) in [5, 5.41) is 3.40. The van der Waals surface area contributed by atoms with E-state index in [1.54, 1.807) is 4.90 Å². The summed E-state index contributed by atoms with van der Waals surface area (Å²) in [5.74, 6) is -0.360. The number of likely N-dealkylation sites (N-methyl/N-ethyl adjacent to an activating group) is 1. The molecule has 2 aromatic rings. The summed E-state index contributed by atoms with van der Waals surface area (Å²) in [6.45, 7) is 7.22. The molecule has 158 valence electrons. The van der Waals surface area contributed by atoms with E-state index in [9.17, 15) is 9.59 Å². The second-order valence-electron chi connectivity index (χ2n) is 7.54. The minimum atomic E-state index is -0.231. The Kier molecular flexibility index (Phi) is 8.79. The highest BCUT2D eigenvalue weighted by Gasteiger charge is 2.20. The summed E-state index contributed by atoms with van der Waals surface area (Å²) in [5.41, 5.74) is 2.75. The maximum atomic E-state index is 13.0. The lowest BCUT2D eigenvalue weighted by Gasteiger charge is -2.24. The van der Waals surface area contributed by atoms with Gasteiger partial charge in [0.15, 0.2) is 5.13 Å². The number of nitrogens with one attached hydrogen (secondary N) is 1. The van der Waals surface area contributed by atoms with Crippen LogP contribution in [0.4, 0.5) is 5.13 Å². The van der Waals surface area contributed by atoms with Gasteiger partial charge in [-0.25, -0.2) is 4.98 Å². The van der Waals surface area contributed by atoms with Crippen molar-refractivity contribution < 1.29 is 9.59 Å². The molecule has 29 heavy (non-hydrogen) atoms.